The van der Waals surface area contributed by atoms with Crippen LogP contribution >= 0.6 is 15.9 Å². The second kappa shape index (κ2) is 11.3. The van der Waals surface area contributed by atoms with Gasteiger partial charge in [-0.25, -0.2) is 19.4 Å². The van der Waals surface area contributed by atoms with Gasteiger partial charge in [0, 0.05) is 54.1 Å². The molecule has 36 heavy (non-hydrogen) atoms. The van der Waals surface area contributed by atoms with Gasteiger partial charge in [-0.2, -0.15) is 5.10 Å². The molecule has 0 atom stereocenters. The van der Waals surface area contributed by atoms with E-state index in [1.807, 2.05) is 47.3 Å². The Labute approximate surface area is 220 Å². The van der Waals surface area contributed by atoms with E-state index in [0.29, 0.717) is 19.0 Å². The monoisotopic (exact) mass is 567 g/mol. The number of hydrogen-bond donors (Lipinski definition) is 0. The fraction of sp³-hybridized carbons (Fsp3) is 0.308. The predicted octanol–water partition coefficient (Wildman–Crippen LogP) is 5.82. The van der Waals surface area contributed by atoms with Gasteiger partial charge in [0.05, 0.1) is 24.2 Å². The lowest BCUT2D eigenvalue weighted by molar-refractivity contribution is -0.137. The number of benzene rings is 1. The first-order valence-corrected chi connectivity index (χ1v) is 16.3. The van der Waals surface area contributed by atoms with Crippen LogP contribution in [0.4, 0.5) is 0 Å². The van der Waals surface area contributed by atoms with E-state index >= 15 is 0 Å². The van der Waals surface area contributed by atoms with Gasteiger partial charge in [-0.1, -0.05) is 47.7 Å². The molecule has 0 radical (unpaired) electrons. The van der Waals surface area contributed by atoms with Crippen molar-refractivity contribution in [3.8, 4) is 11.3 Å². The first kappa shape index (κ1) is 26.0. The number of esters is 1. The molecule has 0 aliphatic heterocycles. The van der Waals surface area contributed by atoms with Gasteiger partial charge in [-0.15, -0.1) is 0 Å². The van der Waals surface area contributed by atoms with Crippen molar-refractivity contribution >= 4 is 46.7 Å². The van der Waals surface area contributed by atoms with Crippen LogP contribution in [0.5, 0.6) is 0 Å². The van der Waals surface area contributed by atoms with Crippen LogP contribution in [0.15, 0.2) is 65.8 Å². The third-order valence-corrected chi connectivity index (χ3v) is 7.74. The zero-order valence-electron chi connectivity index (χ0n) is 20.9. The van der Waals surface area contributed by atoms with Crippen molar-refractivity contribution in [2.24, 2.45) is 0 Å². The molecular formula is C26H30BrN5O3Si. The van der Waals surface area contributed by atoms with Crippen molar-refractivity contribution in [2.75, 3.05) is 13.2 Å². The molecule has 10 heteroatoms. The topological polar surface area (TPSA) is 84.1 Å². The summed E-state index contributed by atoms with van der Waals surface area (Å²) in [6, 6.07) is 10.8. The van der Waals surface area contributed by atoms with Crippen molar-refractivity contribution in [3.05, 3.63) is 71.4 Å². The quantitative estimate of drug-likeness (QED) is 0.104. The average Bonchev–Trinajstić information content (AvgIpc) is 3.47. The second-order valence-electron chi connectivity index (χ2n) is 9.56. The Balaban J connectivity index is 1.64. The Morgan fingerprint density at radius 3 is 2.78 bits per heavy atom. The highest BCUT2D eigenvalue weighted by atomic mass is 79.9. The molecule has 3 heterocycles. The van der Waals surface area contributed by atoms with Gasteiger partial charge in [0.2, 0.25) is 0 Å². The molecular weight excluding hydrogens is 538 g/mol. The number of carbonyl (C=O) groups excluding carboxylic acids is 1. The van der Waals surface area contributed by atoms with E-state index in [2.05, 4.69) is 50.6 Å². The van der Waals surface area contributed by atoms with E-state index < -0.39 is 14.0 Å². The van der Waals surface area contributed by atoms with E-state index in [1.54, 1.807) is 24.1 Å². The highest BCUT2D eigenvalue weighted by Crippen LogP contribution is 2.28. The van der Waals surface area contributed by atoms with E-state index in [-0.39, 0.29) is 0 Å². The minimum absolute atomic E-state index is 0.295. The van der Waals surface area contributed by atoms with Crippen LogP contribution in [0.25, 0.3) is 28.0 Å². The summed E-state index contributed by atoms with van der Waals surface area (Å²) in [6.07, 6.45) is 8.56. The lowest BCUT2D eigenvalue weighted by Gasteiger charge is -2.15. The highest BCUT2D eigenvalue weighted by molar-refractivity contribution is 9.10. The largest absolute Gasteiger partial charge is 0.463 e. The molecule has 0 unspecified atom stereocenters. The van der Waals surface area contributed by atoms with E-state index in [0.717, 1.165) is 45.0 Å². The van der Waals surface area contributed by atoms with Crippen molar-refractivity contribution < 1.29 is 14.3 Å². The highest BCUT2D eigenvalue weighted by Gasteiger charge is 2.16. The van der Waals surface area contributed by atoms with Gasteiger partial charge in [0.1, 0.15) is 18.7 Å². The number of ether oxygens (including phenoxy) is 2. The van der Waals surface area contributed by atoms with Crippen molar-refractivity contribution in [3.63, 3.8) is 0 Å². The van der Waals surface area contributed by atoms with Crippen LogP contribution in [0.1, 0.15) is 12.5 Å². The molecule has 0 aliphatic carbocycles. The Bertz CT molecular complexity index is 1390. The van der Waals surface area contributed by atoms with E-state index in [1.165, 1.54) is 6.08 Å². The van der Waals surface area contributed by atoms with Crippen molar-refractivity contribution in [1.29, 1.82) is 0 Å². The molecule has 0 fully saturated rings. The first-order chi connectivity index (χ1) is 17.2. The second-order valence-corrected chi connectivity index (χ2v) is 16.1. The predicted molar refractivity (Wildman–Crippen MR) is 147 cm³/mol. The van der Waals surface area contributed by atoms with Crippen LogP contribution in [0, 0.1) is 0 Å². The summed E-state index contributed by atoms with van der Waals surface area (Å²) < 4.78 is 15.6. The molecule has 188 valence electrons. The third kappa shape index (κ3) is 6.37. The Morgan fingerprint density at radius 1 is 1.19 bits per heavy atom. The van der Waals surface area contributed by atoms with Gasteiger partial charge in [0.15, 0.2) is 0 Å². The fourth-order valence-corrected chi connectivity index (χ4v) is 4.84. The minimum Gasteiger partial charge on any atom is -0.463 e. The van der Waals surface area contributed by atoms with Crippen LogP contribution in [0.3, 0.4) is 0 Å². The molecule has 0 N–H and O–H groups in total. The third-order valence-electron chi connectivity index (χ3n) is 5.55. The summed E-state index contributed by atoms with van der Waals surface area (Å²) in [7, 11) is -1.14. The smallest absolute Gasteiger partial charge is 0.332 e. The average molecular weight is 569 g/mol. The maximum Gasteiger partial charge on any atom is 0.332 e. The summed E-state index contributed by atoms with van der Waals surface area (Å²) in [5.41, 5.74) is 3.79. The van der Waals surface area contributed by atoms with E-state index in [4.69, 9.17) is 9.47 Å². The van der Waals surface area contributed by atoms with Crippen LogP contribution in [0.2, 0.25) is 25.7 Å². The van der Waals surface area contributed by atoms with Gasteiger partial charge >= 0.3 is 5.97 Å². The number of fused-ring (bicyclic) bond motifs is 1. The normalized spacial score (nSPS) is 12.3. The SMILES string of the molecule is CCOC(=O)/C=C(/c1cccc(Br)c1)n1cc(-c2ncnc3c2ccn3COCC[Si](C)(C)C)cn1. The van der Waals surface area contributed by atoms with Gasteiger partial charge in [-0.05, 0) is 31.2 Å². The number of carbonyl (C=O) groups is 1. The number of rotatable bonds is 10. The first-order valence-electron chi connectivity index (χ1n) is 11.8. The molecule has 4 aromatic rings. The molecule has 3 aromatic heterocycles. The summed E-state index contributed by atoms with van der Waals surface area (Å²) >= 11 is 3.50. The number of aromatic nitrogens is 5. The minimum atomic E-state index is -1.14. The molecule has 1 aromatic carbocycles. The van der Waals surface area contributed by atoms with Gasteiger partial charge in [0.25, 0.3) is 0 Å². The molecule has 8 nitrogen and oxygen atoms in total. The van der Waals surface area contributed by atoms with Crippen molar-refractivity contribution in [2.45, 2.75) is 39.3 Å². The Kier molecular flexibility index (Phi) is 8.17. The molecule has 0 amide bonds. The molecule has 4 rings (SSSR count). The Hall–Kier alpha value is -3.08. The summed E-state index contributed by atoms with van der Waals surface area (Å²) in [4.78, 5) is 21.3. The molecule has 0 bridgehead atoms. The van der Waals surface area contributed by atoms with Crippen molar-refractivity contribution in [1.82, 2.24) is 24.3 Å². The summed E-state index contributed by atoms with van der Waals surface area (Å²) in [5, 5.41) is 5.45. The summed E-state index contributed by atoms with van der Waals surface area (Å²) in [6.45, 7) is 10.3. The Morgan fingerprint density at radius 2 is 2.03 bits per heavy atom. The zero-order valence-corrected chi connectivity index (χ0v) is 23.5. The molecule has 0 saturated heterocycles. The number of hydrogen-bond acceptors (Lipinski definition) is 6. The maximum absolute atomic E-state index is 12.3. The lowest BCUT2D eigenvalue weighted by Crippen LogP contribution is -2.22. The van der Waals surface area contributed by atoms with Crippen LogP contribution in [-0.2, 0) is 21.0 Å². The van der Waals surface area contributed by atoms with Gasteiger partial charge < -0.3 is 14.0 Å². The molecule has 0 spiro atoms. The number of nitrogens with zero attached hydrogens (tertiary/aromatic N) is 5. The number of halogens is 1. The fourth-order valence-electron chi connectivity index (χ4n) is 3.68. The van der Waals surface area contributed by atoms with Gasteiger partial charge in [-0.3, -0.25) is 0 Å². The molecule has 0 saturated carbocycles. The van der Waals surface area contributed by atoms with Crippen LogP contribution < -0.4 is 0 Å². The van der Waals surface area contributed by atoms with E-state index in [9.17, 15) is 4.79 Å². The molecule has 0 aliphatic rings. The summed E-state index contributed by atoms with van der Waals surface area (Å²) in [5.74, 6) is -0.430. The standard InChI is InChI=1S/C26H30BrN5O3Si/c1-5-35-24(33)14-23(19-7-6-8-21(27)13-19)32-16-20(15-30-32)25-22-9-10-31(26(22)29-17-28-25)18-34-11-12-36(2,3)4/h6-10,13-17H,5,11-12,18H2,1-4H3/b23-14-. The zero-order chi connectivity index (χ0) is 25.7. The maximum atomic E-state index is 12.3. The lowest BCUT2D eigenvalue weighted by atomic mass is 10.1. The van der Waals surface area contributed by atoms with Crippen LogP contribution in [-0.4, -0.2) is 51.6 Å².